The van der Waals surface area contributed by atoms with Crippen molar-refractivity contribution in [3.8, 4) is 17.6 Å². The smallest absolute Gasteiger partial charge is 0.313 e. The summed E-state index contributed by atoms with van der Waals surface area (Å²) in [6.45, 7) is 7.93. The third-order valence-electron chi connectivity index (χ3n) is 24.3. The van der Waals surface area contributed by atoms with Crippen molar-refractivity contribution in [1.82, 2.24) is 10.3 Å². The summed E-state index contributed by atoms with van der Waals surface area (Å²) in [6.07, 6.45) is 10.5. The molecule has 12 rings (SSSR count). The molecule has 7 fully saturated rings. The largest absolute Gasteiger partial charge is 0.508 e. The van der Waals surface area contributed by atoms with E-state index in [1.165, 1.54) is 27.2 Å². The van der Waals surface area contributed by atoms with Gasteiger partial charge in [0.25, 0.3) is 0 Å². The van der Waals surface area contributed by atoms with Gasteiger partial charge >= 0.3 is 5.97 Å². The van der Waals surface area contributed by atoms with Crippen molar-refractivity contribution in [2.45, 2.75) is 171 Å². The Morgan fingerprint density at radius 3 is 2.43 bits per heavy atom. The van der Waals surface area contributed by atoms with E-state index in [0.717, 1.165) is 36.8 Å². The van der Waals surface area contributed by atoms with Gasteiger partial charge in [-0.05, 0) is 172 Å². The zero-order valence-corrected chi connectivity index (χ0v) is 50.8. The van der Waals surface area contributed by atoms with Crippen LogP contribution >= 0.6 is 21.6 Å². The maximum absolute atomic E-state index is 16.3. The SMILES string of the molecule is C[C@H]1CCC2=CC[C@H]3[C@H](C)C[C@]4(O)CC[C@@]3(C[C@@H]([C@@H]3COC(=O)[C@H]3c3cc[nH]c3)C#CC[C@@H]3C[C@@]5(O)C6=C7N[C@@H](CO)C(=O)C[C@@H](c8ccc(O)cc8)CSSC[C@H]8[C@@H](O)[C@@H](O)C[C@@](C)([C@@H]8C7=O)[C@H]6CC[C@]5(CCN=C(N)N)[C@H]3[C@@]4(C)O)[C@H]2C1. The number of phenols is 1. The summed E-state index contributed by atoms with van der Waals surface area (Å²) >= 11 is 0. The Bertz CT molecular complexity index is 3030. The predicted molar refractivity (Wildman–Crippen MR) is 322 cm³/mol. The minimum absolute atomic E-state index is 0.00969. The van der Waals surface area contributed by atoms with Crippen LogP contribution in [0.2, 0.25) is 0 Å². The van der Waals surface area contributed by atoms with Gasteiger partial charge in [0.15, 0.2) is 17.5 Å². The fourth-order valence-corrected chi connectivity index (χ4v) is 23.3. The van der Waals surface area contributed by atoms with Gasteiger partial charge in [-0.15, -0.1) is 5.92 Å². The fourth-order valence-electron chi connectivity index (χ4n) is 20.5. The van der Waals surface area contributed by atoms with Gasteiger partial charge in [0.1, 0.15) is 11.8 Å². The van der Waals surface area contributed by atoms with Crippen molar-refractivity contribution >= 4 is 45.1 Å². The molecule has 22 atom stereocenters. The predicted octanol–water partition coefficient (Wildman–Crippen LogP) is 6.78. The van der Waals surface area contributed by atoms with Gasteiger partial charge in [-0.2, -0.15) is 0 Å². The lowest BCUT2D eigenvalue weighted by atomic mass is 9.42. The molecule has 13 N–H and O–H groups in total. The monoisotopic (exact) mass is 1190 g/mol. The summed E-state index contributed by atoms with van der Waals surface area (Å²) in [5, 5.41) is 92.7. The number of guanidine groups is 1. The number of ether oxygens (including phenoxy) is 1. The van der Waals surface area contributed by atoms with Gasteiger partial charge in [0.2, 0.25) is 0 Å². The van der Waals surface area contributed by atoms with Crippen LogP contribution in [-0.4, -0.2) is 131 Å². The van der Waals surface area contributed by atoms with E-state index in [4.69, 9.17) is 16.2 Å². The number of fused-ring (bicyclic) bond motifs is 10. The molecule has 0 radical (unpaired) electrons. The van der Waals surface area contributed by atoms with Crippen molar-refractivity contribution in [3.05, 3.63) is 76.8 Å². The quantitative estimate of drug-likeness (QED) is 0.0340. The molecular weight excluding hydrogens is 1100 g/mol. The van der Waals surface area contributed by atoms with E-state index in [1.807, 2.05) is 25.4 Å². The number of rotatable bonds is 7. The topological polar surface area (TPSA) is 294 Å². The molecule has 0 unspecified atom stereocenters. The van der Waals surface area contributed by atoms with Crippen molar-refractivity contribution in [1.29, 1.82) is 0 Å². The van der Waals surface area contributed by atoms with E-state index in [0.29, 0.717) is 48.7 Å². The second-order valence-electron chi connectivity index (χ2n) is 28.5. The molecule has 10 aliphatic rings. The Balaban J connectivity index is 1.05. The second-order valence-corrected chi connectivity index (χ2v) is 31.0. The number of Topliss-reactive ketones (excluding diaryl/α,β-unsaturated/α-hetero) is 2. The lowest BCUT2D eigenvalue weighted by Crippen LogP contribution is -2.68. The number of aliphatic hydroxyl groups is 6. The molecule has 84 heavy (non-hydrogen) atoms. The summed E-state index contributed by atoms with van der Waals surface area (Å²) in [5.74, 6) is 2.77. The number of cyclic esters (lactones) is 1. The third kappa shape index (κ3) is 9.55. The summed E-state index contributed by atoms with van der Waals surface area (Å²) in [7, 11) is 2.99. The molecular formula is C66H89N5O11S2. The van der Waals surface area contributed by atoms with Crippen molar-refractivity contribution in [2.24, 2.45) is 97.8 Å². The van der Waals surface area contributed by atoms with Crippen LogP contribution in [-0.2, 0) is 19.1 Å². The average molecular weight is 1190 g/mol. The normalized spacial score (nSPS) is 45.7. The Kier molecular flexibility index (Phi) is 16.0. The highest BCUT2D eigenvalue weighted by Crippen LogP contribution is 2.74. The second kappa shape index (κ2) is 22.4. The van der Waals surface area contributed by atoms with E-state index in [1.54, 1.807) is 31.2 Å². The van der Waals surface area contributed by atoms with E-state index in [9.17, 15) is 45.3 Å². The lowest BCUT2D eigenvalue weighted by Gasteiger charge is -2.64. The first-order valence-corrected chi connectivity index (χ1v) is 33.8. The molecule has 3 heterocycles. The number of nitrogens with zero attached hydrogens (tertiary/aromatic N) is 1. The number of ketones is 2. The number of H-pyrrole nitrogens is 1. The van der Waals surface area contributed by atoms with Crippen LogP contribution in [0, 0.1) is 93.2 Å². The van der Waals surface area contributed by atoms with E-state index >= 15 is 4.79 Å². The van der Waals surface area contributed by atoms with E-state index in [2.05, 4.69) is 47.1 Å². The van der Waals surface area contributed by atoms with Crippen LogP contribution in [0.5, 0.6) is 5.75 Å². The van der Waals surface area contributed by atoms with Crippen molar-refractivity contribution in [3.63, 3.8) is 0 Å². The van der Waals surface area contributed by atoms with Crippen LogP contribution in [0.4, 0.5) is 0 Å². The maximum atomic E-state index is 16.3. The number of phenolic OH excluding ortho intramolecular Hbond substituents is 1. The molecule has 456 valence electrons. The zero-order chi connectivity index (χ0) is 59.5. The minimum atomic E-state index is -1.97. The van der Waals surface area contributed by atoms with Crippen LogP contribution in [0.15, 0.2) is 70.6 Å². The van der Waals surface area contributed by atoms with Gasteiger partial charge < -0.3 is 62.3 Å². The Morgan fingerprint density at radius 2 is 1.69 bits per heavy atom. The van der Waals surface area contributed by atoms with Crippen molar-refractivity contribution in [2.75, 3.05) is 31.3 Å². The number of aliphatic hydroxyl groups excluding tert-OH is 3. The maximum Gasteiger partial charge on any atom is 0.313 e. The van der Waals surface area contributed by atoms with Gasteiger partial charge in [-0.3, -0.25) is 19.4 Å². The number of aliphatic imine (C=N–C) groups is 1. The average Bonchev–Trinajstić information content (AvgIpc) is 1.36. The number of aromatic amines is 1. The molecule has 8 aliphatic carbocycles. The number of benzene rings is 1. The molecule has 2 aliphatic heterocycles. The number of aromatic hydroxyl groups is 1. The van der Waals surface area contributed by atoms with Gasteiger partial charge in [-0.25, -0.2) is 0 Å². The van der Waals surface area contributed by atoms with Crippen LogP contribution < -0.4 is 16.8 Å². The number of allylic oxidation sites excluding steroid dienone is 3. The molecule has 1 aromatic carbocycles. The number of esters is 1. The Labute approximate surface area is 502 Å². The van der Waals surface area contributed by atoms with Gasteiger partial charge in [0.05, 0.1) is 53.8 Å². The number of hydrogen-bond donors (Lipinski definition) is 11. The van der Waals surface area contributed by atoms with Gasteiger partial charge in [-0.1, -0.05) is 72.1 Å². The molecule has 4 bridgehead atoms. The first kappa shape index (κ1) is 60.0. The number of carbonyl (C=O) groups excluding carboxylic acids is 3. The van der Waals surface area contributed by atoms with Crippen LogP contribution in [0.3, 0.4) is 0 Å². The standard InChI is InChI=1S/C66H89N5O11S2/c1-35-8-9-38-12-15-46-36(2)26-65(80)20-19-63(46,48(38)24-35)27-39(44-32-82-59(78)52(44)41-17-22-69-30-41)6-5-7-40-28-66(81)54-47(16-18-64(66,21-23-70-60(67)68)58(40)62(65,4)79)61(3)29-51(75)56(76)45-34-84-83-33-42(37-10-13-43(73)14-11-37)25-50(74)49(31-72)71-55(54)57(77)53(45)61/h10-14,17,22,30,35-36,39-40,42,44-49,51-53,56,58,69,71-73,75-76,79-81H,7-9,15-16,18-21,23-29,31-34H2,1-4H3,(H4,67,68,70)/t35-,36+,39-,40+,42+,44-,45+,46-,47-,48-,49-,51-,52-,53-,56+,58+,61+,62+,63-,64-,65+,66+/m0/s1. The number of nitrogens with one attached hydrogen (secondary N) is 2. The molecule has 0 amide bonds. The first-order chi connectivity index (χ1) is 40.0. The Hall–Kier alpha value is -4.32. The summed E-state index contributed by atoms with van der Waals surface area (Å²) in [5.41, 5.74) is 7.45. The molecule has 2 saturated heterocycles. The summed E-state index contributed by atoms with van der Waals surface area (Å²) < 4.78 is 6.03. The first-order valence-electron chi connectivity index (χ1n) is 31.3. The third-order valence-corrected chi connectivity index (χ3v) is 26.9. The number of hydrogen-bond acceptors (Lipinski definition) is 15. The minimum Gasteiger partial charge on any atom is -0.508 e. The number of nitrogens with two attached hydrogens (primary N) is 2. The molecule has 1 spiro atoms. The molecule has 5 saturated carbocycles. The highest BCUT2D eigenvalue weighted by molar-refractivity contribution is 8.76. The van der Waals surface area contributed by atoms with Gasteiger partial charge in [0, 0.05) is 84.2 Å². The highest BCUT2D eigenvalue weighted by Gasteiger charge is 2.76. The summed E-state index contributed by atoms with van der Waals surface area (Å²) in [4.78, 5) is 53.0. The molecule has 18 heteroatoms. The molecule has 1 aromatic heterocycles. The number of aromatic nitrogens is 1. The highest BCUT2D eigenvalue weighted by atomic mass is 33.1. The summed E-state index contributed by atoms with van der Waals surface area (Å²) in [6, 6.07) is 7.35. The fraction of sp³-hybridized carbons (Fsp3) is 0.697. The van der Waals surface area contributed by atoms with Crippen LogP contribution in [0.25, 0.3) is 0 Å². The van der Waals surface area contributed by atoms with Crippen molar-refractivity contribution < 1.29 is 54.9 Å². The van der Waals surface area contributed by atoms with Crippen LogP contribution in [0.1, 0.15) is 147 Å². The molecule has 2 aromatic rings. The zero-order valence-electron chi connectivity index (χ0n) is 49.2. The van der Waals surface area contributed by atoms with E-state index in [-0.39, 0.29) is 128 Å². The lowest BCUT2D eigenvalue weighted by molar-refractivity contribution is -0.228. The van der Waals surface area contributed by atoms with E-state index < -0.39 is 93.8 Å². The number of carbonyl (C=O) groups is 3. The molecule has 16 nitrogen and oxygen atoms in total. The Morgan fingerprint density at radius 1 is 0.917 bits per heavy atom.